The molecule has 0 aliphatic rings. The number of hydrogen-bond acceptors (Lipinski definition) is 2. The predicted octanol–water partition coefficient (Wildman–Crippen LogP) is 3.27. The van der Waals surface area contributed by atoms with Crippen LogP contribution in [0.5, 0.6) is 0 Å². The highest BCUT2D eigenvalue weighted by Gasteiger charge is 2.08. The van der Waals surface area contributed by atoms with Crippen molar-refractivity contribution in [2.24, 2.45) is 0 Å². The van der Waals surface area contributed by atoms with Gasteiger partial charge in [0.25, 0.3) is 0 Å². The Hall–Kier alpha value is -2.32. The molecule has 0 aromatic heterocycles. The minimum Gasteiger partial charge on any atom is -0.308 e. The van der Waals surface area contributed by atoms with Crippen LogP contribution in [-0.2, 0) is 13.1 Å². The van der Waals surface area contributed by atoms with Gasteiger partial charge in [0.15, 0.2) is 0 Å². The van der Waals surface area contributed by atoms with E-state index in [1.54, 1.807) is 18.2 Å². The van der Waals surface area contributed by atoms with Gasteiger partial charge in [-0.2, -0.15) is 5.26 Å². The smallest absolute Gasteiger partial charge is 0.145 e. The molecule has 2 aromatic carbocycles. The van der Waals surface area contributed by atoms with Crippen LogP contribution in [0.4, 0.5) is 13.2 Å². The van der Waals surface area contributed by atoms with Crippen molar-refractivity contribution < 1.29 is 13.2 Å². The van der Waals surface area contributed by atoms with Crippen molar-refractivity contribution >= 4 is 0 Å². The van der Waals surface area contributed by atoms with Crippen LogP contribution >= 0.6 is 0 Å². The van der Waals surface area contributed by atoms with Crippen LogP contribution in [0.1, 0.15) is 16.7 Å². The Morgan fingerprint density at radius 3 is 2.45 bits per heavy atom. The van der Waals surface area contributed by atoms with Crippen LogP contribution in [0.15, 0.2) is 36.4 Å². The number of hydrogen-bond donors (Lipinski definition) is 1. The van der Waals surface area contributed by atoms with Gasteiger partial charge in [-0.15, -0.1) is 0 Å². The molecule has 0 atom stereocenters. The summed E-state index contributed by atoms with van der Waals surface area (Å²) >= 11 is 0. The molecular formula is C15H11F3N2. The van der Waals surface area contributed by atoms with Gasteiger partial charge in [-0.25, -0.2) is 13.2 Å². The lowest BCUT2D eigenvalue weighted by atomic mass is 10.1. The van der Waals surface area contributed by atoms with Crippen molar-refractivity contribution in [1.82, 2.24) is 5.32 Å². The number of nitriles is 1. The molecule has 2 nitrogen and oxygen atoms in total. The molecule has 1 N–H and O–H groups in total. The van der Waals surface area contributed by atoms with Crippen molar-refractivity contribution in [3.05, 3.63) is 70.5 Å². The first kappa shape index (κ1) is 14.1. The zero-order valence-corrected chi connectivity index (χ0v) is 10.5. The molecule has 0 radical (unpaired) electrons. The van der Waals surface area contributed by atoms with Gasteiger partial charge >= 0.3 is 0 Å². The topological polar surface area (TPSA) is 35.8 Å². The summed E-state index contributed by atoms with van der Waals surface area (Å²) in [7, 11) is 0. The largest absolute Gasteiger partial charge is 0.308 e. The molecule has 2 rings (SSSR count). The van der Waals surface area contributed by atoms with E-state index in [-0.39, 0.29) is 18.7 Å². The first-order valence-corrected chi connectivity index (χ1v) is 5.94. The molecule has 0 saturated heterocycles. The van der Waals surface area contributed by atoms with E-state index in [9.17, 15) is 13.2 Å². The molecule has 0 amide bonds. The summed E-state index contributed by atoms with van der Waals surface area (Å²) in [6.45, 7) is 0.292. The maximum absolute atomic E-state index is 13.7. The van der Waals surface area contributed by atoms with Crippen LogP contribution in [0.2, 0.25) is 0 Å². The highest BCUT2D eigenvalue weighted by molar-refractivity contribution is 5.34. The van der Waals surface area contributed by atoms with Gasteiger partial charge in [0.05, 0.1) is 5.56 Å². The van der Waals surface area contributed by atoms with Crippen molar-refractivity contribution in [3.63, 3.8) is 0 Å². The molecule has 5 heteroatoms. The quantitative estimate of drug-likeness (QED) is 0.930. The van der Waals surface area contributed by atoms with Crippen LogP contribution in [0.3, 0.4) is 0 Å². The van der Waals surface area contributed by atoms with Gasteiger partial charge in [-0.3, -0.25) is 0 Å². The summed E-state index contributed by atoms with van der Waals surface area (Å²) in [4.78, 5) is 0. The normalized spacial score (nSPS) is 10.3. The van der Waals surface area contributed by atoms with E-state index in [0.29, 0.717) is 11.1 Å². The molecule has 0 fully saturated rings. The lowest BCUT2D eigenvalue weighted by Crippen LogP contribution is -2.15. The number of benzene rings is 2. The highest BCUT2D eigenvalue weighted by Crippen LogP contribution is 2.13. The Balaban J connectivity index is 2.02. The molecule has 0 unspecified atom stereocenters. The first-order valence-electron chi connectivity index (χ1n) is 5.94. The fraction of sp³-hybridized carbons (Fsp3) is 0.133. The Kier molecular flexibility index (Phi) is 4.38. The van der Waals surface area contributed by atoms with Crippen molar-refractivity contribution in [2.45, 2.75) is 13.1 Å². The summed E-state index contributed by atoms with van der Waals surface area (Å²) in [6, 6.07) is 9.56. The molecular weight excluding hydrogens is 265 g/mol. The average molecular weight is 276 g/mol. The molecule has 0 saturated carbocycles. The summed E-state index contributed by atoms with van der Waals surface area (Å²) < 4.78 is 39.9. The highest BCUT2D eigenvalue weighted by atomic mass is 19.1. The molecule has 0 heterocycles. The van der Waals surface area contributed by atoms with Crippen LogP contribution in [0, 0.1) is 28.8 Å². The van der Waals surface area contributed by atoms with Gasteiger partial charge < -0.3 is 5.32 Å². The molecule has 0 spiro atoms. The van der Waals surface area contributed by atoms with Crippen molar-refractivity contribution in [2.75, 3.05) is 0 Å². The Morgan fingerprint density at radius 1 is 1.00 bits per heavy atom. The predicted molar refractivity (Wildman–Crippen MR) is 68.0 cm³/mol. The number of nitrogens with one attached hydrogen (secondary N) is 1. The standard InChI is InChI=1S/C15H11F3N2/c16-13-5-4-11(14(17)6-13)8-20-9-12-3-1-2-10(7-19)15(12)18/h1-6,20H,8-9H2. The molecule has 0 aliphatic heterocycles. The third-order valence-electron chi connectivity index (χ3n) is 2.85. The first-order chi connectivity index (χ1) is 9.61. The lowest BCUT2D eigenvalue weighted by Gasteiger charge is -2.07. The van der Waals surface area contributed by atoms with Gasteiger partial charge in [-0.05, 0) is 12.1 Å². The minimum atomic E-state index is -0.649. The Labute approximate surface area is 114 Å². The summed E-state index contributed by atoms with van der Waals surface area (Å²) in [5.74, 6) is -1.87. The average Bonchev–Trinajstić information content (AvgIpc) is 2.43. The van der Waals surface area contributed by atoms with E-state index in [1.165, 1.54) is 12.1 Å². The second kappa shape index (κ2) is 6.22. The molecule has 0 bridgehead atoms. The van der Waals surface area contributed by atoms with Crippen LogP contribution < -0.4 is 5.32 Å². The zero-order chi connectivity index (χ0) is 14.5. The van der Waals surface area contributed by atoms with E-state index >= 15 is 0 Å². The second-order valence-electron chi connectivity index (χ2n) is 4.23. The summed E-state index contributed by atoms with van der Waals surface area (Å²) in [6.07, 6.45) is 0. The maximum atomic E-state index is 13.7. The number of nitrogens with zero attached hydrogens (tertiary/aromatic N) is 1. The van der Waals surface area contributed by atoms with E-state index in [1.807, 2.05) is 0 Å². The van der Waals surface area contributed by atoms with E-state index < -0.39 is 17.5 Å². The molecule has 102 valence electrons. The molecule has 2 aromatic rings. The minimum absolute atomic E-state index is 0.0303. The maximum Gasteiger partial charge on any atom is 0.145 e. The fourth-order valence-corrected chi connectivity index (χ4v) is 1.80. The number of rotatable bonds is 4. The van der Waals surface area contributed by atoms with Crippen molar-refractivity contribution in [1.29, 1.82) is 5.26 Å². The van der Waals surface area contributed by atoms with Crippen molar-refractivity contribution in [3.8, 4) is 6.07 Å². The van der Waals surface area contributed by atoms with E-state index in [4.69, 9.17) is 5.26 Å². The van der Waals surface area contributed by atoms with Crippen LogP contribution in [-0.4, -0.2) is 0 Å². The zero-order valence-electron chi connectivity index (χ0n) is 10.5. The Morgan fingerprint density at radius 2 is 1.75 bits per heavy atom. The van der Waals surface area contributed by atoms with E-state index in [2.05, 4.69) is 5.32 Å². The monoisotopic (exact) mass is 276 g/mol. The lowest BCUT2D eigenvalue weighted by molar-refractivity contribution is 0.553. The van der Waals surface area contributed by atoms with Gasteiger partial charge in [-0.1, -0.05) is 18.2 Å². The van der Waals surface area contributed by atoms with Crippen LogP contribution in [0.25, 0.3) is 0 Å². The third kappa shape index (κ3) is 3.16. The molecule has 0 aliphatic carbocycles. The van der Waals surface area contributed by atoms with Gasteiger partial charge in [0.2, 0.25) is 0 Å². The second-order valence-corrected chi connectivity index (χ2v) is 4.23. The fourth-order valence-electron chi connectivity index (χ4n) is 1.80. The SMILES string of the molecule is N#Cc1cccc(CNCc2ccc(F)cc2F)c1F. The third-order valence-corrected chi connectivity index (χ3v) is 2.85. The van der Waals surface area contributed by atoms with E-state index in [0.717, 1.165) is 12.1 Å². The number of halogens is 3. The molecule has 20 heavy (non-hydrogen) atoms. The summed E-state index contributed by atoms with van der Waals surface area (Å²) in [5.41, 5.74) is 0.590. The van der Waals surface area contributed by atoms with Gasteiger partial charge in [0, 0.05) is 30.3 Å². The summed E-state index contributed by atoms with van der Waals surface area (Å²) in [5, 5.41) is 11.6. The van der Waals surface area contributed by atoms with Gasteiger partial charge in [0.1, 0.15) is 23.5 Å². The Bertz CT molecular complexity index is 663.